The van der Waals surface area contributed by atoms with Crippen molar-refractivity contribution in [3.8, 4) is 5.75 Å². The predicted molar refractivity (Wildman–Crippen MR) is 118 cm³/mol. The Morgan fingerprint density at radius 2 is 1.50 bits per heavy atom. The lowest BCUT2D eigenvalue weighted by atomic mass is 10.0. The maximum absolute atomic E-state index is 13.2. The van der Waals surface area contributed by atoms with Crippen LogP contribution in [0.25, 0.3) is 10.8 Å². The van der Waals surface area contributed by atoms with Gasteiger partial charge in [0.1, 0.15) is 5.75 Å². The summed E-state index contributed by atoms with van der Waals surface area (Å²) in [6.45, 7) is 2.13. The van der Waals surface area contributed by atoms with E-state index >= 15 is 0 Å². The van der Waals surface area contributed by atoms with Gasteiger partial charge in [0.05, 0.1) is 12.7 Å². The number of ether oxygens (including phenoxy) is 1. The molecular formula is C24H23ClN2O3. The fourth-order valence-corrected chi connectivity index (χ4v) is 4.10. The Bertz CT molecular complexity index is 1090. The molecule has 0 aliphatic carbocycles. The summed E-state index contributed by atoms with van der Waals surface area (Å²) in [6.07, 6.45) is 0.713. The van der Waals surface area contributed by atoms with Crippen molar-refractivity contribution >= 4 is 34.2 Å². The van der Waals surface area contributed by atoms with E-state index in [-0.39, 0.29) is 11.8 Å². The van der Waals surface area contributed by atoms with Gasteiger partial charge < -0.3 is 14.5 Å². The highest BCUT2D eigenvalue weighted by atomic mass is 35.5. The maximum atomic E-state index is 13.2. The fraction of sp³-hybridized carbons (Fsp3) is 0.250. The zero-order valence-corrected chi connectivity index (χ0v) is 17.6. The lowest BCUT2D eigenvalue weighted by Crippen LogP contribution is -2.37. The van der Waals surface area contributed by atoms with Crippen LogP contribution in [0, 0.1) is 0 Å². The SMILES string of the molecule is COc1ccc(Cl)cc1C(=O)N1CCCN(C(=O)c2cccc3ccccc23)CC1. The van der Waals surface area contributed by atoms with Gasteiger partial charge in [0.25, 0.3) is 11.8 Å². The number of amides is 2. The van der Waals surface area contributed by atoms with Gasteiger partial charge in [0, 0.05) is 36.8 Å². The topological polar surface area (TPSA) is 49.9 Å². The Balaban J connectivity index is 1.52. The zero-order valence-electron chi connectivity index (χ0n) is 16.8. The molecule has 1 fully saturated rings. The van der Waals surface area contributed by atoms with E-state index in [1.807, 2.05) is 47.4 Å². The molecule has 30 heavy (non-hydrogen) atoms. The highest BCUT2D eigenvalue weighted by Gasteiger charge is 2.26. The summed E-state index contributed by atoms with van der Waals surface area (Å²) in [7, 11) is 1.53. The van der Waals surface area contributed by atoms with Crippen molar-refractivity contribution in [2.24, 2.45) is 0 Å². The van der Waals surface area contributed by atoms with E-state index in [4.69, 9.17) is 16.3 Å². The Labute approximate surface area is 180 Å². The quantitative estimate of drug-likeness (QED) is 0.624. The highest BCUT2D eigenvalue weighted by molar-refractivity contribution is 6.31. The molecule has 1 aliphatic heterocycles. The molecule has 0 aromatic heterocycles. The lowest BCUT2D eigenvalue weighted by molar-refractivity contribution is 0.0718. The highest BCUT2D eigenvalue weighted by Crippen LogP contribution is 2.25. The van der Waals surface area contributed by atoms with Crippen LogP contribution in [-0.4, -0.2) is 54.9 Å². The summed E-state index contributed by atoms with van der Waals surface area (Å²) in [6, 6.07) is 18.7. The number of carbonyl (C=O) groups is 2. The number of benzene rings is 3. The number of methoxy groups -OCH3 is 1. The largest absolute Gasteiger partial charge is 0.496 e. The lowest BCUT2D eigenvalue weighted by Gasteiger charge is -2.23. The van der Waals surface area contributed by atoms with E-state index < -0.39 is 0 Å². The van der Waals surface area contributed by atoms with Crippen LogP contribution in [0.4, 0.5) is 0 Å². The first-order valence-electron chi connectivity index (χ1n) is 9.98. The third-order valence-corrected chi connectivity index (χ3v) is 5.72. The van der Waals surface area contributed by atoms with Gasteiger partial charge >= 0.3 is 0 Å². The first-order chi connectivity index (χ1) is 14.6. The first-order valence-corrected chi connectivity index (χ1v) is 10.4. The van der Waals surface area contributed by atoms with Crippen LogP contribution in [0.15, 0.2) is 60.7 Å². The molecule has 6 heteroatoms. The number of halogens is 1. The van der Waals surface area contributed by atoms with Gasteiger partial charge in [-0.2, -0.15) is 0 Å². The van der Waals surface area contributed by atoms with Gasteiger partial charge in [-0.3, -0.25) is 9.59 Å². The Morgan fingerprint density at radius 1 is 0.833 bits per heavy atom. The predicted octanol–water partition coefficient (Wildman–Crippen LogP) is 4.49. The third-order valence-electron chi connectivity index (χ3n) is 5.48. The summed E-state index contributed by atoms with van der Waals surface area (Å²) in [5.41, 5.74) is 1.14. The van der Waals surface area contributed by atoms with E-state index in [2.05, 4.69) is 0 Å². The van der Waals surface area contributed by atoms with Crippen molar-refractivity contribution in [3.63, 3.8) is 0 Å². The van der Waals surface area contributed by atoms with E-state index in [1.54, 1.807) is 23.1 Å². The van der Waals surface area contributed by atoms with Crippen LogP contribution in [0.2, 0.25) is 5.02 Å². The molecule has 4 rings (SSSR count). The van der Waals surface area contributed by atoms with Crippen LogP contribution < -0.4 is 4.74 Å². The molecule has 3 aromatic carbocycles. The van der Waals surface area contributed by atoms with E-state index in [0.717, 1.165) is 10.8 Å². The average molecular weight is 423 g/mol. The fourth-order valence-electron chi connectivity index (χ4n) is 3.92. The average Bonchev–Trinajstić information content (AvgIpc) is 3.04. The van der Waals surface area contributed by atoms with Gasteiger partial charge in [-0.05, 0) is 41.5 Å². The van der Waals surface area contributed by atoms with Crippen molar-refractivity contribution < 1.29 is 14.3 Å². The minimum atomic E-state index is -0.131. The number of carbonyl (C=O) groups excluding carboxylic acids is 2. The van der Waals surface area contributed by atoms with Gasteiger partial charge in [-0.1, -0.05) is 48.0 Å². The Kier molecular flexibility index (Phi) is 5.91. The van der Waals surface area contributed by atoms with Gasteiger partial charge in [-0.15, -0.1) is 0 Å². The van der Waals surface area contributed by atoms with Gasteiger partial charge in [-0.25, -0.2) is 0 Å². The van der Waals surface area contributed by atoms with Crippen molar-refractivity contribution in [1.82, 2.24) is 9.80 Å². The Hall–Kier alpha value is -3.05. The van der Waals surface area contributed by atoms with Crippen LogP contribution >= 0.6 is 11.6 Å². The third kappa shape index (κ3) is 3.98. The minimum Gasteiger partial charge on any atom is -0.496 e. The van der Waals surface area contributed by atoms with E-state index in [0.29, 0.717) is 54.5 Å². The molecule has 1 heterocycles. The molecular weight excluding hydrogens is 400 g/mol. The second kappa shape index (κ2) is 8.76. The number of rotatable bonds is 3. The van der Waals surface area contributed by atoms with Gasteiger partial charge in [0.15, 0.2) is 0 Å². The number of fused-ring (bicyclic) bond motifs is 1. The molecule has 0 spiro atoms. The summed E-state index contributed by atoms with van der Waals surface area (Å²) in [5, 5.41) is 2.48. The molecule has 1 saturated heterocycles. The second-order valence-corrected chi connectivity index (χ2v) is 7.75. The van der Waals surface area contributed by atoms with Crippen LogP contribution in [-0.2, 0) is 0 Å². The Morgan fingerprint density at radius 3 is 2.23 bits per heavy atom. The monoisotopic (exact) mass is 422 g/mol. The van der Waals surface area contributed by atoms with Crippen LogP contribution in [0.3, 0.4) is 0 Å². The van der Waals surface area contributed by atoms with Crippen molar-refractivity contribution in [1.29, 1.82) is 0 Å². The molecule has 0 atom stereocenters. The summed E-state index contributed by atoms with van der Waals surface area (Å²) >= 11 is 6.09. The maximum Gasteiger partial charge on any atom is 0.257 e. The van der Waals surface area contributed by atoms with E-state index in [9.17, 15) is 9.59 Å². The number of hydrogen-bond donors (Lipinski definition) is 0. The van der Waals surface area contributed by atoms with Crippen LogP contribution in [0.5, 0.6) is 5.75 Å². The molecule has 0 unspecified atom stereocenters. The van der Waals surface area contributed by atoms with Crippen LogP contribution in [0.1, 0.15) is 27.1 Å². The number of hydrogen-bond acceptors (Lipinski definition) is 3. The molecule has 3 aromatic rings. The first kappa shape index (κ1) is 20.2. The molecule has 1 aliphatic rings. The smallest absolute Gasteiger partial charge is 0.257 e. The van der Waals surface area contributed by atoms with Crippen molar-refractivity contribution in [3.05, 3.63) is 76.8 Å². The normalized spacial score (nSPS) is 14.5. The molecule has 2 amide bonds. The summed E-state index contributed by atoms with van der Waals surface area (Å²) in [4.78, 5) is 29.9. The molecule has 0 radical (unpaired) electrons. The summed E-state index contributed by atoms with van der Waals surface area (Å²) < 4.78 is 5.33. The number of nitrogens with zero attached hydrogens (tertiary/aromatic N) is 2. The standard InChI is InChI=1S/C24H23ClN2O3/c1-30-22-11-10-18(25)16-21(22)24(29)27-13-5-12-26(14-15-27)23(28)20-9-4-7-17-6-2-3-8-19(17)20/h2-4,6-11,16H,5,12-15H2,1H3. The van der Waals surface area contributed by atoms with E-state index in [1.165, 1.54) is 7.11 Å². The molecule has 0 saturated carbocycles. The van der Waals surface area contributed by atoms with Gasteiger partial charge in [0.2, 0.25) is 0 Å². The zero-order chi connectivity index (χ0) is 21.1. The second-order valence-electron chi connectivity index (χ2n) is 7.31. The molecule has 0 bridgehead atoms. The minimum absolute atomic E-state index is 0.00133. The van der Waals surface area contributed by atoms with Crippen molar-refractivity contribution in [2.45, 2.75) is 6.42 Å². The molecule has 0 N–H and O–H groups in total. The molecule has 154 valence electrons. The molecule has 5 nitrogen and oxygen atoms in total. The van der Waals surface area contributed by atoms with Crippen molar-refractivity contribution in [2.75, 3.05) is 33.3 Å². The summed E-state index contributed by atoms with van der Waals surface area (Å²) in [5.74, 6) is 0.368.